The highest BCUT2D eigenvalue weighted by Crippen LogP contribution is 2.17. The van der Waals surface area contributed by atoms with E-state index < -0.39 is 0 Å². The number of carbonyl (C=O) groups is 2. The van der Waals surface area contributed by atoms with Crippen molar-refractivity contribution in [2.45, 2.75) is 323 Å². The molecule has 64 heavy (non-hydrogen) atoms. The van der Waals surface area contributed by atoms with Gasteiger partial charge in [0.1, 0.15) is 0 Å². The van der Waals surface area contributed by atoms with Crippen LogP contribution in [-0.2, 0) is 9.59 Å². The van der Waals surface area contributed by atoms with Gasteiger partial charge >= 0.3 is 0 Å². The summed E-state index contributed by atoms with van der Waals surface area (Å²) in [6.07, 6.45) is 59.4. The SMILES string of the molecule is CCCCCCCCCCCCCCCCN(CCCCCC)C(=O)CCCCCCCN(C)CCCCCCN(CCCCCC)C(=O)CCCCCCCCCCCCCCC. The minimum absolute atomic E-state index is 0.418. The summed E-state index contributed by atoms with van der Waals surface area (Å²) in [6, 6.07) is 0. The van der Waals surface area contributed by atoms with Gasteiger partial charge in [-0.25, -0.2) is 0 Å². The second kappa shape index (κ2) is 52.9. The Labute approximate surface area is 404 Å². The topological polar surface area (TPSA) is 43.9 Å². The van der Waals surface area contributed by atoms with Crippen LogP contribution in [0.4, 0.5) is 0 Å². The van der Waals surface area contributed by atoms with Gasteiger partial charge in [0.15, 0.2) is 0 Å². The molecule has 0 bridgehead atoms. The number of carbonyl (C=O) groups excluding carboxylic acids is 2. The van der Waals surface area contributed by atoms with E-state index in [1.165, 1.54) is 276 Å². The lowest BCUT2D eigenvalue weighted by molar-refractivity contribution is -0.132. The number of unbranched alkanes of at least 4 members (excludes halogenated alkanes) is 38. The Bertz CT molecular complexity index is 926. The van der Waals surface area contributed by atoms with Crippen LogP contribution in [0, 0.1) is 0 Å². The molecule has 0 saturated carbocycles. The largest absolute Gasteiger partial charge is 0.343 e. The zero-order chi connectivity index (χ0) is 46.7. The van der Waals surface area contributed by atoms with Gasteiger partial charge in [-0.3, -0.25) is 9.59 Å². The molecule has 382 valence electrons. The van der Waals surface area contributed by atoms with E-state index in [-0.39, 0.29) is 0 Å². The first-order chi connectivity index (χ1) is 31.5. The van der Waals surface area contributed by atoms with Gasteiger partial charge in [0.05, 0.1) is 0 Å². The van der Waals surface area contributed by atoms with Gasteiger partial charge in [-0.2, -0.15) is 0 Å². The summed E-state index contributed by atoms with van der Waals surface area (Å²) < 4.78 is 0. The smallest absolute Gasteiger partial charge is 0.222 e. The van der Waals surface area contributed by atoms with E-state index in [0.29, 0.717) is 11.8 Å². The Morgan fingerprint density at radius 1 is 0.234 bits per heavy atom. The van der Waals surface area contributed by atoms with Gasteiger partial charge < -0.3 is 14.7 Å². The molecule has 0 heterocycles. The Morgan fingerprint density at radius 2 is 0.406 bits per heavy atom. The highest BCUT2D eigenvalue weighted by atomic mass is 16.2. The minimum Gasteiger partial charge on any atom is -0.343 e. The van der Waals surface area contributed by atoms with Crippen molar-refractivity contribution in [3.8, 4) is 0 Å². The Morgan fingerprint density at radius 3 is 0.641 bits per heavy atom. The molecule has 0 atom stereocenters. The fourth-order valence-electron chi connectivity index (χ4n) is 9.63. The summed E-state index contributed by atoms with van der Waals surface area (Å²) in [4.78, 5) is 33.5. The Hall–Kier alpha value is -1.10. The van der Waals surface area contributed by atoms with Crippen molar-refractivity contribution >= 4 is 11.8 Å². The fourth-order valence-corrected chi connectivity index (χ4v) is 9.63. The molecular formula is C59H119N3O2. The molecule has 0 aliphatic heterocycles. The van der Waals surface area contributed by atoms with Crippen LogP contribution in [-0.4, -0.2) is 72.8 Å². The molecule has 0 rings (SSSR count). The number of rotatable bonds is 54. The summed E-state index contributed by atoms with van der Waals surface area (Å²) in [7, 11) is 2.29. The molecule has 0 N–H and O–H groups in total. The Kier molecular flexibility index (Phi) is 52.0. The normalized spacial score (nSPS) is 11.6. The van der Waals surface area contributed by atoms with Gasteiger partial charge in [-0.15, -0.1) is 0 Å². The highest BCUT2D eigenvalue weighted by molar-refractivity contribution is 5.76. The van der Waals surface area contributed by atoms with E-state index in [1.807, 2.05) is 0 Å². The van der Waals surface area contributed by atoms with Crippen LogP contribution in [0.3, 0.4) is 0 Å². The molecule has 0 unspecified atom stereocenters. The van der Waals surface area contributed by atoms with E-state index in [1.54, 1.807) is 0 Å². The zero-order valence-corrected chi connectivity index (χ0v) is 44.9. The van der Waals surface area contributed by atoms with Crippen molar-refractivity contribution in [3.05, 3.63) is 0 Å². The van der Waals surface area contributed by atoms with Crippen molar-refractivity contribution in [1.29, 1.82) is 0 Å². The first-order valence-corrected chi connectivity index (χ1v) is 29.7. The summed E-state index contributed by atoms with van der Waals surface area (Å²) in [5, 5.41) is 0. The summed E-state index contributed by atoms with van der Waals surface area (Å²) in [5.74, 6) is 0.836. The first kappa shape index (κ1) is 62.9. The predicted octanol–water partition coefficient (Wildman–Crippen LogP) is 18.6. The van der Waals surface area contributed by atoms with Gasteiger partial charge in [-0.1, -0.05) is 259 Å². The second-order valence-corrected chi connectivity index (χ2v) is 20.7. The van der Waals surface area contributed by atoms with Gasteiger partial charge in [0, 0.05) is 39.0 Å². The van der Waals surface area contributed by atoms with Gasteiger partial charge in [0.25, 0.3) is 0 Å². The third-order valence-corrected chi connectivity index (χ3v) is 14.2. The maximum Gasteiger partial charge on any atom is 0.222 e. The summed E-state index contributed by atoms with van der Waals surface area (Å²) >= 11 is 0. The molecule has 0 radical (unpaired) electrons. The monoisotopic (exact) mass is 902 g/mol. The molecule has 0 aromatic heterocycles. The highest BCUT2D eigenvalue weighted by Gasteiger charge is 2.14. The Balaban J connectivity index is 4.09. The third kappa shape index (κ3) is 46.0. The van der Waals surface area contributed by atoms with E-state index >= 15 is 0 Å². The zero-order valence-electron chi connectivity index (χ0n) is 44.9. The van der Waals surface area contributed by atoms with Crippen molar-refractivity contribution in [2.24, 2.45) is 0 Å². The quantitative estimate of drug-likeness (QED) is 0.0571. The number of amides is 2. The second-order valence-electron chi connectivity index (χ2n) is 20.7. The molecule has 0 aliphatic rings. The van der Waals surface area contributed by atoms with Crippen LogP contribution in [0.2, 0.25) is 0 Å². The predicted molar refractivity (Wildman–Crippen MR) is 286 cm³/mol. The maximum absolute atomic E-state index is 13.3. The van der Waals surface area contributed by atoms with Crippen LogP contribution >= 0.6 is 0 Å². The van der Waals surface area contributed by atoms with E-state index in [0.717, 1.165) is 58.3 Å². The lowest BCUT2D eigenvalue weighted by atomic mass is 10.0. The molecule has 5 heteroatoms. The van der Waals surface area contributed by atoms with E-state index in [9.17, 15) is 9.59 Å². The number of hydrogen-bond acceptors (Lipinski definition) is 3. The summed E-state index contributed by atoms with van der Waals surface area (Å²) in [6.45, 7) is 15.4. The average molecular weight is 903 g/mol. The summed E-state index contributed by atoms with van der Waals surface area (Å²) in [5.41, 5.74) is 0. The maximum atomic E-state index is 13.3. The van der Waals surface area contributed by atoms with Crippen LogP contribution in [0.1, 0.15) is 323 Å². The molecule has 5 nitrogen and oxygen atoms in total. The molecule has 0 saturated heterocycles. The molecular weight excluding hydrogens is 783 g/mol. The lowest BCUT2D eigenvalue weighted by Gasteiger charge is -2.23. The molecule has 0 aliphatic carbocycles. The average Bonchev–Trinajstić information content (AvgIpc) is 3.29. The van der Waals surface area contributed by atoms with Crippen molar-refractivity contribution in [1.82, 2.24) is 14.7 Å². The third-order valence-electron chi connectivity index (χ3n) is 14.2. The van der Waals surface area contributed by atoms with E-state index in [2.05, 4.69) is 49.4 Å². The van der Waals surface area contributed by atoms with Crippen LogP contribution < -0.4 is 0 Å². The molecule has 0 aromatic carbocycles. The van der Waals surface area contributed by atoms with E-state index in [4.69, 9.17) is 0 Å². The van der Waals surface area contributed by atoms with Crippen LogP contribution in [0.25, 0.3) is 0 Å². The minimum atomic E-state index is 0.418. The van der Waals surface area contributed by atoms with Crippen LogP contribution in [0.15, 0.2) is 0 Å². The molecule has 0 spiro atoms. The van der Waals surface area contributed by atoms with Gasteiger partial charge in [0.2, 0.25) is 11.8 Å². The van der Waals surface area contributed by atoms with Crippen molar-refractivity contribution < 1.29 is 9.59 Å². The standard InChI is InChI=1S/C59H119N3O2/c1-6-10-14-18-20-22-24-26-28-30-32-34-39-48-56-61(54-46-16-12-8-3)59(64)51-43-37-35-38-44-52-60(5)53-45-40-41-49-57-62(55-47-17-13-9-4)58(63)50-42-36-33-31-29-27-25-23-21-19-15-11-7-2/h6-57H2,1-5H3. The molecule has 2 amide bonds. The van der Waals surface area contributed by atoms with Crippen LogP contribution in [0.5, 0.6) is 0 Å². The fraction of sp³-hybridized carbons (Fsp3) is 0.966. The van der Waals surface area contributed by atoms with Gasteiger partial charge in [-0.05, 0) is 71.5 Å². The first-order valence-electron chi connectivity index (χ1n) is 29.7. The number of nitrogens with zero attached hydrogens (tertiary/aromatic N) is 3. The lowest BCUT2D eigenvalue weighted by Crippen LogP contribution is -2.32. The van der Waals surface area contributed by atoms with Crippen molar-refractivity contribution in [2.75, 3.05) is 46.3 Å². The molecule has 0 aromatic rings. The van der Waals surface area contributed by atoms with Crippen molar-refractivity contribution in [3.63, 3.8) is 0 Å². The number of hydrogen-bond donors (Lipinski definition) is 0. The molecule has 0 fully saturated rings.